The molecule has 8 heteroatoms. The number of benzene rings is 1. The highest BCUT2D eigenvalue weighted by molar-refractivity contribution is 6.31. The molecule has 0 fully saturated rings. The van der Waals surface area contributed by atoms with Gasteiger partial charge in [0.05, 0.1) is 10.6 Å². The monoisotopic (exact) mass is 282 g/mol. The smallest absolute Gasteiger partial charge is 0.384 e. The van der Waals surface area contributed by atoms with E-state index >= 15 is 0 Å². The highest BCUT2D eigenvalue weighted by Crippen LogP contribution is 2.21. The highest BCUT2D eigenvalue weighted by Gasteiger charge is 2.17. The Morgan fingerprint density at radius 1 is 1.53 bits per heavy atom. The van der Waals surface area contributed by atoms with Crippen LogP contribution in [0.15, 0.2) is 16.9 Å². The van der Waals surface area contributed by atoms with Crippen LogP contribution in [-0.4, -0.2) is 21.6 Å². The van der Waals surface area contributed by atoms with Crippen molar-refractivity contribution in [3.63, 3.8) is 0 Å². The fourth-order valence-corrected chi connectivity index (χ4v) is 1.80. The first-order valence-corrected chi connectivity index (χ1v) is 5.50. The molecular weight excluding hydrogens is 275 g/mol. The number of hydrogen-bond donors (Lipinski definition) is 0. The van der Waals surface area contributed by atoms with Crippen LogP contribution in [0.3, 0.4) is 0 Å². The molecule has 0 aliphatic heterocycles. The number of aromatic nitrogens is 3. The molecule has 0 bridgehead atoms. The van der Waals surface area contributed by atoms with Gasteiger partial charge in [-0.1, -0.05) is 11.6 Å². The standard InChI is InChI=1S/C11H8ClFN4O2/c1-6-15-16(11(18)17(6)19-2)10-4-8(12)7(5-14)3-9(10)13/h3-4H,1-2H3. The Balaban J connectivity index is 2.71. The summed E-state index contributed by atoms with van der Waals surface area (Å²) in [6.07, 6.45) is 0. The van der Waals surface area contributed by atoms with Gasteiger partial charge in [-0.15, -0.1) is 9.83 Å². The molecule has 1 aromatic carbocycles. The fourth-order valence-electron chi connectivity index (χ4n) is 1.60. The van der Waals surface area contributed by atoms with Gasteiger partial charge in [-0.05, 0) is 19.1 Å². The van der Waals surface area contributed by atoms with Gasteiger partial charge in [0.2, 0.25) is 0 Å². The molecule has 0 saturated carbocycles. The second-order valence-electron chi connectivity index (χ2n) is 3.61. The lowest BCUT2D eigenvalue weighted by atomic mass is 10.2. The Hall–Kier alpha value is -2.33. The average molecular weight is 283 g/mol. The van der Waals surface area contributed by atoms with E-state index in [1.165, 1.54) is 20.1 Å². The molecule has 0 saturated heterocycles. The van der Waals surface area contributed by atoms with E-state index in [1.54, 1.807) is 6.07 Å². The number of hydrogen-bond acceptors (Lipinski definition) is 4. The Bertz CT molecular complexity index is 744. The quantitative estimate of drug-likeness (QED) is 0.826. The molecule has 1 heterocycles. The Morgan fingerprint density at radius 3 is 2.74 bits per heavy atom. The van der Waals surface area contributed by atoms with Crippen molar-refractivity contribution in [2.45, 2.75) is 6.92 Å². The van der Waals surface area contributed by atoms with E-state index in [-0.39, 0.29) is 22.1 Å². The molecule has 0 aliphatic rings. The van der Waals surface area contributed by atoms with Gasteiger partial charge in [0.25, 0.3) is 0 Å². The van der Waals surface area contributed by atoms with E-state index < -0.39 is 11.5 Å². The minimum Gasteiger partial charge on any atom is -0.411 e. The minimum atomic E-state index is -0.774. The molecule has 0 amide bonds. The SMILES string of the molecule is COn1c(C)nn(-c2cc(Cl)c(C#N)cc2F)c1=O. The van der Waals surface area contributed by atoms with Crippen LogP contribution in [0.4, 0.5) is 4.39 Å². The second kappa shape index (κ2) is 4.74. The summed E-state index contributed by atoms with van der Waals surface area (Å²) >= 11 is 5.81. The molecule has 98 valence electrons. The van der Waals surface area contributed by atoms with Gasteiger partial charge in [-0.25, -0.2) is 9.18 Å². The van der Waals surface area contributed by atoms with Crippen LogP contribution in [0, 0.1) is 24.1 Å². The van der Waals surface area contributed by atoms with E-state index in [2.05, 4.69) is 5.10 Å². The lowest BCUT2D eigenvalue weighted by Gasteiger charge is -2.03. The van der Waals surface area contributed by atoms with Gasteiger partial charge in [-0.3, -0.25) is 0 Å². The lowest BCUT2D eigenvalue weighted by Crippen LogP contribution is -2.28. The van der Waals surface area contributed by atoms with Crippen molar-refractivity contribution < 1.29 is 9.23 Å². The summed E-state index contributed by atoms with van der Waals surface area (Å²) in [5.41, 5.74) is -0.827. The van der Waals surface area contributed by atoms with E-state index in [0.717, 1.165) is 15.5 Å². The van der Waals surface area contributed by atoms with Gasteiger partial charge in [0.1, 0.15) is 24.7 Å². The lowest BCUT2D eigenvalue weighted by molar-refractivity contribution is 0.151. The maximum atomic E-state index is 13.9. The predicted molar refractivity (Wildman–Crippen MR) is 64.7 cm³/mol. The molecule has 2 aromatic rings. The summed E-state index contributed by atoms with van der Waals surface area (Å²) < 4.78 is 15.6. The van der Waals surface area contributed by atoms with E-state index in [0.29, 0.717) is 0 Å². The van der Waals surface area contributed by atoms with Crippen molar-refractivity contribution in [1.29, 1.82) is 5.26 Å². The summed E-state index contributed by atoms with van der Waals surface area (Å²) in [6.45, 7) is 1.53. The van der Waals surface area contributed by atoms with Crippen LogP contribution >= 0.6 is 11.6 Å². The molecule has 0 radical (unpaired) electrons. The van der Waals surface area contributed by atoms with Crippen molar-refractivity contribution in [2.24, 2.45) is 0 Å². The molecule has 0 N–H and O–H groups in total. The van der Waals surface area contributed by atoms with Crippen molar-refractivity contribution in [3.05, 3.63) is 44.8 Å². The Morgan fingerprint density at radius 2 is 2.21 bits per heavy atom. The summed E-state index contributed by atoms with van der Waals surface area (Å²) in [4.78, 5) is 16.7. The van der Waals surface area contributed by atoms with Gasteiger partial charge in [-0.2, -0.15) is 9.94 Å². The molecule has 0 spiro atoms. The molecule has 0 atom stereocenters. The summed E-state index contributed by atoms with van der Waals surface area (Å²) in [6, 6.07) is 3.87. The second-order valence-corrected chi connectivity index (χ2v) is 4.02. The van der Waals surface area contributed by atoms with Crippen molar-refractivity contribution in [3.8, 4) is 11.8 Å². The highest BCUT2D eigenvalue weighted by atomic mass is 35.5. The zero-order chi connectivity index (χ0) is 14.2. The van der Waals surface area contributed by atoms with E-state index in [4.69, 9.17) is 21.7 Å². The van der Waals surface area contributed by atoms with Crippen LogP contribution in [-0.2, 0) is 0 Å². The molecule has 6 nitrogen and oxygen atoms in total. The molecule has 1 aromatic heterocycles. The van der Waals surface area contributed by atoms with Crippen molar-refractivity contribution in [1.82, 2.24) is 14.5 Å². The van der Waals surface area contributed by atoms with E-state index in [9.17, 15) is 9.18 Å². The number of rotatable bonds is 2. The normalized spacial score (nSPS) is 10.3. The van der Waals surface area contributed by atoms with Crippen LogP contribution < -0.4 is 10.5 Å². The first-order valence-electron chi connectivity index (χ1n) is 5.12. The maximum absolute atomic E-state index is 13.9. The fraction of sp³-hybridized carbons (Fsp3) is 0.182. The summed E-state index contributed by atoms with van der Waals surface area (Å²) in [5.74, 6) is -0.517. The third kappa shape index (κ3) is 2.06. The Kier molecular flexibility index (Phi) is 3.27. The van der Waals surface area contributed by atoms with Gasteiger partial charge in [0, 0.05) is 0 Å². The molecular formula is C11H8ClFN4O2. The third-order valence-electron chi connectivity index (χ3n) is 2.46. The summed E-state index contributed by atoms with van der Waals surface area (Å²) in [7, 11) is 1.29. The van der Waals surface area contributed by atoms with Crippen LogP contribution in [0.1, 0.15) is 11.4 Å². The first kappa shape index (κ1) is 13.1. The first-order chi connectivity index (χ1) is 8.99. The molecule has 2 rings (SSSR count). The topological polar surface area (TPSA) is 72.8 Å². The predicted octanol–water partition coefficient (Wildman–Crippen LogP) is 1.06. The minimum absolute atomic E-state index is 0.0149. The molecule has 0 aliphatic carbocycles. The number of nitriles is 1. The zero-order valence-corrected chi connectivity index (χ0v) is 10.8. The Labute approximate surface area is 112 Å². The summed E-state index contributed by atoms with van der Waals surface area (Å²) in [5, 5.41) is 12.6. The number of halogens is 2. The van der Waals surface area contributed by atoms with Gasteiger partial charge < -0.3 is 4.84 Å². The number of aryl methyl sites for hydroxylation is 1. The van der Waals surface area contributed by atoms with Crippen molar-refractivity contribution >= 4 is 11.6 Å². The largest absolute Gasteiger partial charge is 0.411 e. The van der Waals surface area contributed by atoms with E-state index in [1.807, 2.05) is 0 Å². The average Bonchev–Trinajstić information content (AvgIpc) is 2.66. The van der Waals surface area contributed by atoms with Gasteiger partial charge in [0.15, 0.2) is 5.82 Å². The van der Waals surface area contributed by atoms with Crippen molar-refractivity contribution in [2.75, 3.05) is 7.11 Å². The molecule has 19 heavy (non-hydrogen) atoms. The van der Waals surface area contributed by atoms with Crippen LogP contribution in [0.5, 0.6) is 0 Å². The molecule has 0 unspecified atom stereocenters. The van der Waals surface area contributed by atoms with Crippen LogP contribution in [0.25, 0.3) is 5.69 Å². The van der Waals surface area contributed by atoms with Crippen LogP contribution in [0.2, 0.25) is 5.02 Å². The third-order valence-corrected chi connectivity index (χ3v) is 2.77. The zero-order valence-electron chi connectivity index (χ0n) is 10.0. The van der Waals surface area contributed by atoms with Gasteiger partial charge >= 0.3 is 5.69 Å². The number of nitrogens with zero attached hydrogens (tertiary/aromatic N) is 4. The maximum Gasteiger partial charge on any atom is 0.384 e.